The molecule has 0 aliphatic carbocycles. The molecule has 0 unspecified atom stereocenters. The van der Waals surface area contributed by atoms with Crippen molar-refractivity contribution in [2.45, 2.75) is 51.0 Å². The van der Waals surface area contributed by atoms with E-state index < -0.39 is 25.9 Å². The van der Waals surface area contributed by atoms with Gasteiger partial charge in [0.05, 0.1) is 16.4 Å². The van der Waals surface area contributed by atoms with Gasteiger partial charge in [0.25, 0.3) is 0 Å². The van der Waals surface area contributed by atoms with E-state index >= 15 is 0 Å². The van der Waals surface area contributed by atoms with E-state index in [4.69, 9.17) is 0 Å². The van der Waals surface area contributed by atoms with Crippen LogP contribution < -0.4 is 0 Å². The molecule has 0 N–H and O–H groups in total. The number of benzene rings is 1. The van der Waals surface area contributed by atoms with Gasteiger partial charge in [0.1, 0.15) is 0 Å². The summed E-state index contributed by atoms with van der Waals surface area (Å²) in [5.74, 6) is 0.00352. The molecule has 1 aliphatic rings. The summed E-state index contributed by atoms with van der Waals surface area (Å²) in [6.07, 6.45) is 1.97. The topological polar surface area (TPSA) is 71.5 Å². The number of nitrogens with zero attached hydrogens (tertiary/aromatic N) is 1. The van der Waals surface area contributed by atoms with Gasteiger partial charge in [-0.3, -0.25) is 0 Å². The van der Waals surface area contributed by atoms with Crippen LogP contribution in [-0.4, -0.2) is 45.2 Å². The molecule has 2 rings (SSSR count). The lowest BCUT2D eigenvalue weighted by Crippen LogP contribution is -2.41. The number of aryl methyl sites for hydroxylation is 2. The van der Waals surface area contributed by atoms with Crippen LogP contribution in [0.25, 0.3) is 0 Å². The number of sulfone groups is 1. The zero-order valence-electron chi connectivity index (χ0n) is 13.9. The van der Waals surface area contributed by atoms with E-state index in [0.29, 0.717) is 18.5 Å². The summed E-state index contributed by atoms with van der Waals surface area (Å²) in [4.78, 5) is 0.281. The van der Waals surface area contributed by atoms with Crippen LogP contribution in [0.15, 0.2) is 23.1 Å². The summed E-state index contributed by atoms with van der Waals surface area (Å²) in [6, 6.07) is 4.80. The molecular weight excluding hydrogens is 334 g/mol. The molecule has 1 aromatic carbocycles. The molecule has 0 aromatic heterocycles. The van der Waals surface area contributed by atoms with Crippen LogP contribution in [0.2, 0.25) is 0 Å². The van der Waals surface area contributed by atoms with Crippen molar-refractivity contribution < 1.29 is 16.8 Å². The van der Waals surface area contributed by atoms with E-state index in [-0.39, 0.29) is 16.4 Å². The van der Waals surface area contributed by atoms with E-state index in [1.165, 1.54) is 4.31 Å². The monoisotopic (exact) mass is 359 g/mol. The minimum absolute atomic E-state index is 0.0686. The summed E-state index contributed by atoms with van der Waals surface area (Å²) < 4.78 is 51.2. The normalized spacial score (nSPS) is 21.0. The smallest absolute Gasteiger partial charge is 0.229 e. The van der Waals surface area contributed by atoms with Crippen molar-refractivity contribution in [3.8, 4) is 0 Å². The standard InChI is InChI=1S/C16H25NO4S2/c1-4-5-9-17(15-8-10-22(18,19)12-15)23(20,21)16-7-6-13(2)11-14(16)3/h6-7,11,15H,4-5,8-10,12H2,1-3H3/t15-/m1/s1. The molecule has 7 heteroatoms. The Balaban J connectivity index is 2.41. The maximum absolute atomic E-state index is 13.1. The first-order chi connectivity index (χ1) is 10.7. The SMILES string of the molecule is CCCCN([C@@H]1CCS(=O)(=O)C1)S(=O)(=O)c1ccc(C)cc1C. The average molecular weight is 360 g/mol. The maximum Gasteiger partial charge on any atom is 0.243 e. The molecule has 1 aliphatic heterocycles. The number of sulfonamides is 1. The van der Waals surface area contributed by atoms with Crippen LogP contribution in [-0.2, 0) is 19.9 Å². The lowest BCUT2D eigenvalue weighted by atomic mass is 10.2. The summed E-state index contributed by atoms with van der Waals surface area (Å²) >= 11 is 0. The first kappa shape index (κ1) is 18.4. The number of hydrogen-bond acceptors (Lipinski definition) is 4. The first-order valence-electron chi connectivity index (χ1n) is 7.97. The summed E-state index contributed by atoms with van der Waals surface area (Å²) in [6.45, 7) is 6.06. The van der Waals surface area contributed by atoms with E-state index in [9.17, 15) is 16.8 Å². The van der Waals surface area contributed by atoms with Gasteiger partial charge in [0, 0.05) is 12.6 Å². The fraction of sp³-hybridized carbons (Fsp3) is 0.625. The third-order valence-corrected chi connectivity index (χ3v) is 8.13. The van der Waals surface area contributed by atoms with Gasteiger partial charge in [-0.1, -0.05) is 31.0 Å². The van der Waals surface area contributed by atoms with Crippen LogP contribution >= 0.6 is 0 Å². The van der Waals surface area contributed by atoms with Crippen LogP contribution in [0.5, 0.6) is 0 Å². The summed E-state index contributed by atoms with van der Waals surface area (Å²) in [7, 11) is -6.82. The van der Waals surface area contributed by atoms with Crippen LogP contribution in [0, 0.1) is 13.8 Å². The molecule has 5 nitrogen and oxygen atoms in total. The molecule has 1 atom stereocenters. The van der Waals surface area contributed by atoms with Gasteiger partial charge in [-0.15, -0.1) is 0 Å². The molecule has 130 valence electrons. The minimum Gasteiger partial charge on any atom is -0.229 e. The summed E-state index contributed by atoms with van der Waals surface area (Å²) in [5.41, 5.74) is 1.71. The lowest BCUT2D eigenvalue weighted by molar-refractivity contribution is 0.335. The average Bonchev–Trinajstić information content (AvgIpc) is 2.78. The van der Waals surface area contributed by atoms with E-state index in [2.05, 4.69) is 0 Å². The van der Waals surface area contributed by atoms with Crippen molar-refractivity contribution in [3.63, 3.8) is 0 Å². The van der Waals surface area contributed by atoms with Gasteiger partial charge in [0.15, 0.2) is 9.84 Å². The highest BCUT2D eigenvalue weighted by molar-refractivity contribution is 7.92. The van der Waals surface area contributed by atoms with Crippen LogP contribution in [0.4, 0.5) is 0 Å². The number of hydrogen-bond donors (Lipinski definition) is 0. The van der Waals surface area contributed by atoms with E-state index in [1.807, 2.05) is 19.9 Å². The van der Waals surface area contributed by atoms with Crippen molar-refractivity contribution in [3.05, 3.63) is 29.3 Å². The molecule has 1 saturated heterocycles. The molecule has 0 bridgehead atoms. The summed E-state index contributed by atoms with van der Waals surface area (Å²) in [5, 5.41) is 0. The Kier molecular flexibility index (Phi) is 5.53. The van der Waals surface area contributed by atoms with Crippen molar-refractivity contribution in [1.82, 2.24) is 4.31 Å². The first-order valence-corrected chi connectivity index (χ1v) is 11.2. The van der Waals surface area contributed by atoms with E-state index in [1.54, 1.807) is 19.1 Å². The predicted molar refractivity (Wildman–Crippen MR) is 91.8 cm³/mol. The van der Waals surface area contributed by atoms with Crippen LogP contribution in [0.3, 0.4) is 0 Å². The molecule has 0 spiro atoms. The van der Waals surface area contributed by atoms with Gasteiger partial charge in [-0.2, -0.15) is 4.31 Å². The van der Waals surface area contributed by atoms with Gasteiger partial charge in [-0.05, 0) is 38.3 Å². The minimum atomic E-state index is -3.69. The van der Waals surface area contributed by atoms with E-state index in [0.717, 1.165) is 18.4 Å². The highest BCUT2D eigenvalue weighted by Crippen LogP contribution is 2.27. The fourth-order valence-corrected chi connectivity index (χ4v) is 6.76. The molecule has 0 saturated carbocycles. The Labute approximate surface area is 139 Å². The molecule has 0 radical (unpaired) electrons. The maximum atomic E-state index is 13.1. The zero-order chi connectivity index (χ0) is 17.3. The molecular formula is C16H25NO4S2. The van der Waals surface area contributed by atoms with Gasteiger partial charge in [-0.25, -0.2) is 16.8 Å². The molecule has 1 heterocycles. The van der Waals surface area contributed by atoms with Crippen molar-refractivity contribution in [1.29, 1.82) is 0 Å². The lowest BCUT2D eigenvalue weighted by Gasteiger charge is -2.28. The zero-order valence-corrected chi connectivity index (χ0v) is 15.6. The third-order valence-electron chi connectivity index (χ3n) is 4.26. The Morgan fingerprint density at radius 3 is 2.48 bits per heavy atom. The largest absolute Gasteiger partial charge is 0.243 e. The Bertz CT molecular complexity index is 769. The molecule has 23 heavy (non-hydrogen) atoms. The molecule has 1 aromatic rings. The quantitative estimate of drug-likeness (QED) is 0.781. The highest BCUT2D eigenvalue weighted by atomic mass is 32.2. The van der Waals surface area contributed by atoms with Crippen molar-refractivity contribution in [2.24, 2.45) is 0 Å². The second-order valence-electron chi connectivity index (χ2n) is 6.30. The highest BCUT2D eigenvalue weighted by Gasteiger charge is 2.38. The third kappa shape index (κ3) is 4.14. The second-order valence-corrected chi connectivity index (χ2v) is 10.4. The van der Waals surface area contributed by atoms with Crippen LogP contribution in [0.1, 0.15) is 37.3 Å². The Hall–Kier alpha value is -0.920. The second kappa shape index (κ2) is 6.91. The number of rotatable bonds is 6. The number of unbranched alkanes of at least 4 members (excludes halogenated alkanes) is 1. The molecule has 1 fully saturated rings. The Morgan fingerprint density at radius 2 is 1.96 bits per heavy atom. The van der Waals surface area contributed by atoms with Gasteiger partial charge >= 0.3 is 0 Å². The predicted octanol–water partition coefficient (Wildman–Crippen LogP) is 2.28. The van der Waals surface area contributed by atoms with Crippen molar-refractivity contribution >= 4 is 19.9 Å². The van der Waals surface area contributed by atoms with Gasteiger partial charge in [0.2, 0.25) is 10.0 Å². The molecule has 0 amide bonds. The van der Waals surface area contributed by atoms with Crippen molar-refractivity contribution in [2.75, 3.05) is 18.1 Å². The van der Waals surface area contributed by atoms with Gasteiger partial charge < -0.3 is 0 Å². The fourth-order valence-electron chi connectivity index (χ4n) is 3.03. The Morgan fingerprint density at radius 1 is 1.26 bits per heavy atom.